The van der Waals surface area contributed by atoms with Gasteiger partial charge in [-0.05, 0) is 25.0 Å². The van der Waals surface area contributed by atoms with Crippen molar-refractivity contribution in [1.29, 1.82) is 5.26 Å². The second-order valence-corrected chi connectivity index (χ2v) is 5.08. The van der Waals surface area contributed by atoms with Gasteiger partial charge in [0.25, 0.3) is 0 Å². The molecule has 0 bridgehead atoms. The lowest BCUT2D eigenvalue weighted by Crippen LogP contribution is -2.12. The van der Waals surface area contributed by atoms with Crippen molar-refractivity contribution >= 4 is 45.2 Å². The normalized spacial score (nSPS) is 13.3. The Bertz CT molecular complexity index is 566. The Hall–Kier alpha value is -1.58. The second-order valence-electron chi connectivity index (χ2n) is 3.85. The number of para-hydroxylation sites is 1. The summed E-state index contributed by atoms with van der Waals surface area (Å²) < 4.78 is 1.11. The van der Waals surface area contributed by atoms with E-state index in [4.69, 9.17) is 5.26 Å². The van der Waals surface area contributed by atoms with Gasteiger partial charge in [-0.3, -0.25) is 4.79 Å². The minimum Gasteiger partial charge on any atom is -0.302 e. The third-order valence-electron chi connectivity index (χ3n) is 2.47. The summed E-state index contributed by atoms with van der Waals surface area (Å²) in [4.78, 5) is 15.9. The number of amides is 1. The van der Waals surface area contributed by atoms with Gasteiger partial charge in [0.05, 0.1) is 10.2 Å². The number of thiocyanates is 1. The van der Waals surface area contributed by atoms with E-state index in [1.54, 1.807) is 0 Å². The highest BCUT2D eigenvalue weighted by Crippen LogP contribution is 2.32. The monoisotopic (exact) mass is 277 g/mol. The number of thiazole rings is 1. The van der Waals surface area contributed by atoms with Gasteiger partial charge in [0.1, 0.15) is 5.40 Å². The molecular weight excluding hydrogens is 266 g/mol. The number of nitriles is 1. The summed E-state index contributed by atoms with van der Waals surface area (Å²) in [6, 6.07) is 7.90. The molecule has 0 saturated heterocycles. The van der Waals surface area contributed by atoms with E-state index in [1.807, 2.05) is 24.3 Å². The van der Waals surface area contributed by atoms with Crippen molar-refractivity contribution in [2.24, 2.45) is 5.92 Å². The molecule has 0 radical (unpaired) electrons. The number of aromatic nitrogens is 1. The van der Waals surface area contributed by atoms with Crippen LogP contribution in [0.15, 0.2) is 24.3 Å². The summed E-state index contributed by atoms with van der Waals surface area (Å²) in [6.45, 7) is 0. The van der Waals surface area contributed by atoms with Crippen LogP contribution in [-0.4, -0.2) is 10.9 Å². The number of fused-ring (bicyclic) bond motifs is 1. The van der Waals surface area contributed by atoms with Crippen LogP contribution in [-0.2, 0) is 4.79 Å². The van der Waals surface area contributed by atoms with E-state index in [1.165, 1.54) is 16.7 Å². The lowest BCUT2D eigenvalue weighted by molar-refractivity contribution is -0.117. The second kappa shape index (κ2) is 5.85. The molecule has 1 aliphatic carbocycles. The molecule has 2 aromatic rings. The summed E-state index contributed by atoms with van der Waals surface area (Å²) in [5.74, 6) is 0.353. The SMILES string of the molecule is N#CS.O=C(Nc1nc2ccccc2s1)C1CC1. The van der Waals surface area contributed by atoms with Gasteiger partial charge in [-0.15, -0.1) is 0 Å². The van der Waals surface area contributed by atoms with E-state index in [-0.39, 0.29) is 11.8 Å². The molecule has 3 rings (SSSR count). The number of thiol groups is 1. The Labute approximate surface area is 114 Å². The van der Waals surface area contributed by atoms with Gasteiger partial charge in [-0.2, -0.15) is 5.26 Å². The summed E-state index contributed by atoms with van der Waals surface area (Å²) in [6.07, 6.45) is 2.05. The predicted molar refractivity (Wildman–Crippen MR) is 75.6 cm³/mol. The number of benzene rings is 1. The zero-order chi connectivity index (χ0) is 13.0. The standard InChI is InChI=1S/C11H10N2OS.CHNS/c14-10(7-5-6-7)13-11-12-8-3-1-2-4-9(8)15-11;2-1-3/h1-4,7H,5-6H2,(H,12,13,14);3H. The number of hydrogen-bond acceptors (Lipinski definition) is 5. The van der Waals surface area contributed by atoms with Gasteiger partial charge in [0, 0.05) is 5.92 Å². The largest absolute Gasteiger partial charge is 0.302 e. The first-order valence-corrected chi connectivity index (χ1v) is 6.70. The fourth-order valence-corrected chi connectivity index (χ4v) is 2.35. The fraction of sp³-hybridized carbons (Fsp3) is 0.250. The first kappa shape index (κ1) is 12.9. The molecule has 0 aliphatic heterocycles. The molecule has 1 aliphatic rings. The molecule has 1 amide bonds. The van der Waals surface area contributed by atoms with Crippen LogP contribution in [0.4, 0.5) is 5.13 Å². The third-order valence-corrected chi connectivity index (χ3v) is 3.42. The van der Waals surface area contributed by atoms with Crippen LogP contribution in [0, 0.1) is 16.6 Å². The average molecular weight is 277 g/mol. The van der Waals surface area contributed by atoms with Gasteiger partial charge in [-0.25, -0.2) is 4.98 Å². The number of nitrogens with zero attached hydrogens (tertiary/aromatic N) is 2. The van der Waals surface area contributed by atoms with Crippen molar-refractivity contribution in [2.45, 2.75) is 12.8 Å². The number of hydrogen-bond donors (Lipinski definition) is 2. The summed E-state index contributed by atoms with van der Waals surface area (Å²) in [5.41, 5.74) is 0.952. The van der Waals surface area contributed by atoms with Gasteiger partial charge >= 0.3 is 0 Å². The van der Waals surface area contributed by atoms with E-state index >= 15 is 0 Å². The van der Waals surface area contributed by atoms with E-state index in [9.17, 15) is 4.79 Å². The molecule has 18 heavy (non-hydrogen) atoms. The minimum atomic E-state index is 0.119. The highest BCUT2D eigenvalue weighted by molar-refractivity contribution is 7.85. The molecule has 1 heterocycles. The quantitative estimate of drug-likeness (QED) is 0.655. The smallest absolute Gasteiger partial charge is 0.229 e. The van der Waals surface area contributed by atoms with E-state index in [0.29, 0.717) is 5.13 Å². The van der Waals surface area contributed by atoms with E-state index in [2.05, 4.69) is 22.9 Å². The van der Waals surface area contributed by atoms with Crippen molar-refractivity contribution < 1.29 is 4.79 Å². The predicted octanol–water partition coefficient (Wildman–Crippen LogP) is 3.04. The first-order chi connectivity index (χ1) is 8.74. The molecule has 1 aromatic heterocycles. The highest BCUT2D eigenvalue weighted by atomic mass is 32.1. The van der Waals surface area contributed by atoms with Crippen molar-refractivity contribution in [1.82, 2.24) is 4.98 Å². The van der Waals surface area contributed by atoms with Gasteiger partial charge in [0.2, 0.25) is 5.91 Å². The Balaban J connectivity index is 0.000000367. The first-order valence-electron chi connectivity index (χ1n) is 5.44. The lowest BCUT2D eigenvalue weighted by atomic mass is 10.3. The average Bonchev–Trinajstić information content (AvgIpc) is 3.11. The molecule has 4 nitrogen and oxygen atoms in total. The van der Waals surface area contributed by atoms with E-state index in [0.717, 1.165) is 23.1 Å². The van der Waals surface area contributed by atoms with Crippen LogP contribution in [0.3, 0.4) is 0 Å². The number of anilines is 1. The van der Waals surface area contributed by atoms with Crippen LogP contribution in [0.25, 0.3) is 10.2 Å². The molecule has 1 aromatic carbocycles. The maximum absolute atomic E-state index is 11.5. The van der Waals surface area contributed by atoms with Crippen molar-refractivity contribution in [3.63, 3.8) is 0 Å². The van der Waals surface area contributed by atoms with Crippen molar-refractivity contribution in [3.8, 4) is 5.40 Å². The Kier molecular flexibility index (Phi) is 4.18. The molecule has 1 saturated carbocycles. The van der Waals surface area contributed by atoms with Crippen molar-refractivity contribution in [3.05, 3.63) is 24.3 Å². The fourth-order valence-electron chi connectivity index (χ4n) is 1.48. The summed E-state index contributed by atoms with van der Waals surface area (Å²) >= 11 is 4.62. The number of rotatable bonds is 2. The molecule has 1 N–H and O–H groups in total. The van der Waals surface area contributed by atoms with Crippen LogP contribution in [0.5, 0.6) is 0 Å². The van der Waals surface area contributed by atoms with Gasteiger partial charge in [-0.1, -0.05) is 36.1 Å². The molecule has 6 heteroatoms. The van der Waals surface area contributed by atoms with E-state index < -0.39 is 0 Å². The van der Waals surface area contributed by atoms with Crippen LogP contribution < -0.4 is 5.32 Å². The molecule has 0 unspecified atom stereocenters. The van der Waals surface area contributed by atoms with Gasteiger partial charge in [0.15, 0.2) is 5.13 Å². The topological polar surface area (TPSA) is 65.8 Å². The zero-order valence-electron chi connectivity index (χ0n) is 9.46. The number of carbonyl (C=O) groups excluding carboxylic acids is 1. The third kappa shape index (κ3) is 3.22. The van der Waals surface area contributed by atoms with Crippen molar-refractivity contribution in [2.75, 3.05) is 5.32 Å². The molecular formula is C12H11N3OS2. The highest BCUT2D eigenvalue weighted by Gasteiger charge is 2.30. The summed E-state index contributed by atoms with van der Waals surface area (Å²) in [5, 5.41) is 12.2. The summed E-state index contributed by atoms with van der Waals surface area (Å²) in [7, 11) is 0. The maximum Gasteiger partial charge on any atom is 0.229 e. The number of carbonyl (C=O) groups is 1. The van der Waals surface area contributed by atoms with Crippen LogP contribution in [0.1, 0.15) is 12.8 Å². The molecule has 92 valence electrons. The molecule has 0 atom stereocenters. The Morgan fingerprint density at radius 2 is 2.17 bits per heavy atom. The maximum atomic E-state index is 11.5. The van der Waals surface area contributed by atoms with Gasteiger partial charge < -0.3 is 5.32 Å². The molecule has 1 fully saturated rings. The molecule has 0 spiro atoms. The Morgan fingerprint density at radius 1 is 1.50 bits per heavy atom. The minimum absolute atomic E-state index is 0.119. The van der Waals surface area contributed by atoms with Crippen LogP contribution in [0.2, 0.25) is 0 Å². The number of nitrogens with one attached hydrogen (secondary N) is 1. The zero-order valence-corrected chi connectivity index (χ0v) is 11.2. The lowest BCUT2D eigenvalue weighted by Gasteiger charge is -1.96. The Morgan fingerprint density at radius 3 is 2.78 bits per heavy atom. The van der Waals surface area contributed by atoms with Crippen LogP contribution >= 0.6 is 24.0 Å².